The summed E-state index contributed by atoms with van der Waals surface area (Å²) in [7, 11) is 0. The van der Waals surface area contributed by atoms with Crippen molar-refractivity contribution in [1.82, 2.24) is 25.5 Å². The molecule has 2 rings (SSSR count). The lowest BCUT2D eigenvalue weighted by atomic mass is 10.1. The Bertz CT molecular complexity index is 861. The van der Waals surface area contributed by atoms with E-state index in [4.69, 9.17) is 16.6 Å². The maximum atomic E-state index is 13.0. The Balaban J connectivity index is 2.11. The number of likely N-dealkylation sites (tertiary alicyclic amines) is 1. The first-order valence-corrected chi connectivity index (χ1v) is 10.4. The Morgan fingerprint density at radius 1 is 1.24 bits per heavy atom. The number of aliphatic hydroxyl groups is 1. The van der Waals surface area contributed by atoms with Crippen molar-refractivity contribution >= 4 is 29.6 Å². The van der Waals surface area contributed by atoms with Gasteiger partial charge in [0.15, 0.2) is 0 Å². The number of hydrogen-bond acceptors (Lipinski definition) is 8. The molecule has 182 valence electrons. The summed E-state index contributed by atoms with van der Waals surface area (Å²) < 4.78 is 0. The molecule has 14 heteroatoms. The monoisotopic (exact) mass is 467 g/mol. The summed E-state index contributed by atoms with van der Waals surface area (Å²) in [5.74, 6) is -3.97. The highest BCUT2D eigenvalue weighted by atomic mass is 16.4. The number of hydrogen-bond donors (Lipinski definition) is 7. The van der Waals surface area contributed by atoms with Crippen LogP contribution in [0.25, 0.3) is 0 Å². The number of carboxylic acids is 1. The fraction of sp³-hybridized carbons (Fsp3) is 0.579. The first-order chi connectivity index (χ1) is 15.6. The van der Waals surface area contributed by atoms with Crippen molar-refractivity contribution in [3.8, 4) is 0 Å². The molecule has 1 aliphatic heterocycles. The number of primary amides is 1. The molecule has 2 heterocycles. The minimum Gasteiger partial charge on any atom is -0.480 e. The molecule has 0 radical (unpaired) electrons. The molecular weight excluding hydrogens is 438 g/mol. The molecule has 0 aromatic carbocycles. The predicted molar refractivity (Wildman–Crippen MR) is 112 cm³/mol. The van der Waals surface area contributed by atoms with E-state index >= 15 is 0 Å². The van der Waals surface area contributed by atoms with Crippen molar-refractivity contribution in [2.75, 3.05) is 13.2 Å². The molecular formula is C19H29N7O7. The van der Waals surface area contributed by atoms with Gasteiger partial charge in [-0.1, -0.05) is 0 Å². The molecule has 1 saturated heterocycles. The van der Waals surface area contributed by atoms with Crippen LogP contribution < -0.4 is 22.1 Å². The number of aromatic nitrogens is 2. The lowest BCUT2D eigenvalue weighted by Crippen LogP contribution is -2.57. The van der Waals surface area contributed by atoms with E-state index in [9.17, 15) is 29.1 Å². The molecule has 9 N–H and O–H groups in total. The second-order valence-corrected chi connectivity index (χ2v) is 7.73. The van der Waals surface area contributed by atoms with Gasteiger partial charge in [0.25, 0.3) is 0 Å². The number of imidazole rings is 1. The average Bonchev–Trinajstić information content (AvgIpc) is 3.46. The third-order valence-corrected chi connectivity index (χ3v) is 5.27. The average molecular weight is 467 g/mol. The van der Waals surface area contributed by atoms with Crippen LogP contribution in [0, 0.1) is 0 Å². The zero-order valence-electron chi connectivity index (χ0n) is 17.9. The van der Waals surface area contributed by atoms with E-state index in [1.54, 1.807) is 0 Å². The van der Waals surface area contributed by atoms with E-state index in [0.717, 1.165) is 0 Å². The minimum atomic E-state index is -1.55. The molecule has 33 heavy (non-hydrogen) atoms. The van der Waals surface area contributed by atoms with Gasteiger partial charge in [-0.05, 0) is 19.3 Å². The lowest BCUT2D eigenvalue weighted by molar-refractivity contribution is -0.144. The van der Waals surface area contributed by atoms with E-state index in [2.05, 4.69) is 20.6 Å². The van der Waals surface area contributed by atoms with Crippen molar-refractivity contribution < 1.29 is 34.2 Å². The van der Waals surface area contributed by atoms with E-state index in [1.165, 1.54) is 17.4 Å². The highest BCUT2D eigenvalue weighted by Gasteiger charge is 2.38. The zero-order valence-corrected chi connectivity index (χ0v) is 17.9. The standard InChI is InChI=1S/C19H29N7O7/c20-11(3-4-15(21)28)18(31)26-5-1-2-14(26)17(30)24-12(6-10-7-22-9-23-10)16(29)25-13(8-27)19(32)33/h7,9,11-14,27H,1-6,8,20H2,(H2,21,28)(H,22,23)(H,24,30)(H,25,29)(H,32,33). The Morgan fingerprint density at radius 2 is 1.97 bits per heavy atom. The largest absolute Gasteiger partial charge is 0.480 e. The van der Waals surface area contributed by atoms with Crippen LogP contribution in [0.15, 0.2) is 12.5 Å². The van der Waals surface area contributed by atoms with Gasteiger partial charge in [-0.25, -0.2) is 9.78 Å². The van der Waals surface area contributed by atoms with Crippen molar-refractivity contribution in [1.29, 1.82) is 0 Å². The van der Waals surface area contributed by atoms with Gasteiger partial charge in [0.2, 0.25) is 23.6 Å². The number of aromatic amines is 1. The van der Waals surface area contributed by atoms with E-state index in [-0.39, 0.29) is 25.8 Å². The summed E-state index contributed by atoms with van der Waals surface area (Å²) >= 11 is 0. The second kappa shape index (κ2) is 11.9. The minimum absolute atomic E-state index is 0.0336. The van der Waals surface area contributed by atoms with Gasteiger partial charge in [-0.3, -0.25) is 19.2 Å². The molecule has 4 atom stereocenters. The van der Waals surface area contributed by atoms with Gasteiger partial charge < -0.3 is 42.2 Å². The summed E-state index contributed by atoms with van der Waals surface area (Å²) in [4.78, 5) is 68.4. The molecule has 0 saturated carbocycles. The summed E-state index contributed by atoms with van der Waals surface area (Å²) in [6, 6.07) is -4.64. The maximum Gasteiger partial charge on any atom is 0.328 e. The van der Waals surface area contributed by atoms with Gasteiger partial charge >= 0.3 is 5.97 Å². The number of nitrogens with zero attached hydrogens (tertiary/aromatic N) is 2. The van der Waals surface area contributed by atoms with Gasteiger partial charge in [-0.15, -0.1) is 0 Å². The highest BCUT2D eigenvalue weighted by Crippen LogP contribution is 2.19. The Labute approximate surface area is 189 Å². The number of rotatable bonds is 12. The van der Waals surface area contributed by atoms with Crippen LogP contribution in [-0.4, -0.2) is 92.0 Å². The van der Waals surface area contributed by atoms with Crippen LogP contribution in [0.1, 0.15) is 31.4 Å². The third-order valence-electron chi connectivity index (χ3n) is 5.27. The van der Waals surface area contributed by atoms with Gasteiger partial charge in [-0.2, -0.15) is 0 Å². The normalized spacial score (nSPS) is 18.2. The van der Waals surface area contributed by atoms with E-state index in [1.807, 2.05) is 0 Å². The molecule has 1 aliphatic rings. The van der Waals surface area contributed by atoms with Crippen LogP contribution in [-0.2, 0) is 30.4 Å². The van der Waals surface area contributed by atoms with Gasteiger partial charge in [0.1, 0.15) is 18.1 Å². The number of carboxylic acid groups (broad SMARTS) is 1. The van der Waals surface area contributed by atoms with E-state index < -0.39 is 60.4 Å². The van der Waals surface area contributed by atoms with Crippen LogP contribution >= 0.6 is 0 Å². The zero-order chi connectivity index (χ0) is 24.5. The first-order valence-electron chi connectivity index (χ1n) is 10.4. The number of H-pyrrole nitrogens is 1. The van der Waals surface area contributed by atoms with Crippen molar-refractivity contribution in [2.24, 2.45) is 11.5 Å². The molecule has 0 aliphatic carbocycles. The smallest absolute Gasteiger partial charge is 0.328 e. The highest BCUT2D eigenvalue weighted by molar-refractivity contribution is 5.94. The van der Waals surface area contributed by atoms with Crippen LogP contribution in [0.4, 0.5) is 0 Å². The molecule has 1 aromatic rings. The number of aliphatic carboxylic acids is 1. The van der Waals surface area contributed by atoms with Crippen molar-refractivity contribution in [2.45, 2.75) is 56.3 Å². The number of amides is 4. The number of aliphatic hydroxyl groups excluding tert-OH is 1. The lowest BCUT2D eigenvalue weighted by Gasteiger charge is -2.28. The SMILES string of the molecule is NC(=O)CCC(N)C(=O)N1CCCC1C(=O)NC(Cc1cnc[nH]1)C(=O)NC(CO)C(=O)O. The summed E-state index contributed by atoms with van der Waals surface area (Å²) in [5.41, 5.74) is 11.5. The van der Waals surface area contributed by atoms with Gasteiger partial charge in [0.05, 0.1) is 19.0 Å². The van der Waals surface area contributed by atoms with Crippen molar-refractivity contribution in [3.63, 3.8) is 0 Å². The first kappa shape index (κ1) is 25.7. The molecule has 4 unspecified atom stereocenters. The predicted octanol–water partition coefficient (Wildman–Crippen LogP) is -3.42. The fourth-order valence-corrected chi connectivity index (χ4v) is 3.49. The number of carbonyl (C=O) groups excluding carboxylic acids is 4. The molecule has 1 fully saturated rings. The Kier molecular flexibility index (Phi) is 9.30. The molecule has 0 spiro atoms. The maximum absolute atomic E-state index is 13.0. The quantitative estimate of drug-likeness (QED) is 0.162. The Morgan fingerprint density at radius 3 is 2.55 bits per heavy atom. The van der Waals surface area contributed by atoms with Crippen LogP contribution in [0.3, 0.4) is 0 Å². The van der Waals surface area contributed by atoms with Crippen LogP contribution in [0.2, 0.25) is 0 Å². The number of carbonyl (C=O) groups is 5. The topological polar surface area (TPSA) is 234 Å². The number of nitrogens with two attached hydrogens (primary N) is 2. The van der Waals surface area contributed by atoms with E-state index in [0.29, 0.717) is 18.5 Å². The molecule has 0 bridgehead atoms. The Hall–Kier alpha value is -3.52. The van der Waals surface area contributed by atoms with Crippen molar-refractivity contribution in [3.05, 3.63) is 18.2 Å². The summed E-state index contributed by atoms with van der Waals surface area (Å²) in [5, 5.41) is 23.0. The van der Waals surface area contributed by atoms with Gasteiger partial charge in [0, 0.05) is 31.3 Å². The second-order valence-electron chi connectivity index (χ2n) is 7.73. The van der Waals surface area contributed by atoms with Crippen LogP contribution in [0.5, 0.6) is 0 Å². The number of nitrogens with one attached hydrogen (secondary N) is 3. The summed E-state index contributed by atoms with van der Waals surface area (Å²) in [6.45, 7) is -0.551. The third kappa shape index (κ3) is 7.25. The summed E-state index contributed by atoms with van der Waals surface area (Å²) in [6.07, 6.45) is 3.64. The fourth-order valence-electron chi connectivity index (χ4n) is 3.49. The molecule has 14 nitrogen and oxygen atoms in total. The molecule has 4 amide bonds. The molecule has 1 aromatic heterocycles.